The number of nitrogens with one attached hydrogen (secondary N) is 1. The summed E-state index contributed by atoms with van der Waals surface area (Å²) in [7, 11) is 1.56. The molecule has 1 aliphatic rings. The van der Waals surface area contributed by atoms with E-state index in [2.05, 4.69) is 19.2 Å². The number of amides is 1. The normalized spacial score (nSPS) is 21.8. The molecule has 1 saturated carbocycles. The van der Waals surface area contributed by atoms with Gasteiger partial charge in [0.2, 0.25) is 6.41 Å². The van der Waals surface area contributed by atoms with Gasteiger partial charge >= 0.3 is 0 Å². The molecule has 0 spiro atoms. The lowest BCUT2D eigenvalue weighted by Crippen LogP contribution is -1.98. The van der Waals surface area contributed by atoms with E-state index in [0.29, 0.717) is 6.41 Å². The summed E-state index contributed by atoms with van der Waals surface area (Å²) in [4.78, 5) is 9.06. The number of carbonyl (C=O) groups excluding carboxylic acids is 1. The van der Waals surface area contributed by atoms with E-state index in [1.54, 1.807) is 7.05 Å². The van der Waals surface area contributed by atoms with Crippen molar-refractivity contribution in [1.82, 2.24) is 5.32 Å². The first-order valence-corrected chi connectivity index (χ1v) is 6.33. The summed E-state index contributed by atoms with van der Waals surface area (Å²) in [5.41, 5.74) is 0. The van der Waals surface area contributed by atoms with Gasteiger partial charge in [-0.2, -0.15) is 0 Å². The summed E-state index contributed by atoms with van der Waals surface area (Å²) in [5, 5.41) is 2.25. The molecular weight excluding hydrogens is 186 g/mol. The third-order valence-electron chi connectivity index (χ3n) is 2.41. The van der Waals surface area contributed by atoms with Crippen LogP contribution < -0.4 is 5.32 Å². The predicted octanol–water partition coefficient (Wildman–Crippen LogP) is 3.86. The maximum Gasteiger partial charge on any atom is 0.206 e. The molecule has 2 atom stereocenters. The van der Waals surface area contributed by atoms with Gasteiger partial charge < -0.3 is 5.32 Å². The minimum atomic E-state index is 0.625. The Balaban J connectivity index is -0.000000156. The van der Waals surface area contributed by atoms with Crippen LogP contribution in [0.25, 0.3) is 0 Å². The third-order valence-corrected chi connectivity index (χ3v) is 2.41. The molecule has 0 bridgehead atoms. The molecule has 0 aromatic carbocycles. The van der Waals surface area contributed by atoms with Crippen LogP contribution in [0.15, 0.2) is 0 Å². The molecule has 2 heteroatoms. The van der Waals surface area contributed by atoms with Gasteiger partial charge in [0.1, 0.15) is 0 Å². The summed E-state index contributed by atoms with van der Waals surface area (Å²) in [5.74, 6) is 2.03. The van der Waals surface area contributed by atoms with E-state index >= 15 is 0 Å². The zero-order chi connectivity index (χ0) is 12.7. The highest BCUT2D eigenvalue weighted by Gasteiger charge is 2.17. The summed E-state index contributed by atoms with van der Waals surface area (Å²) < 4.78 is 0. The molecule has 1 fully saturated rings. The highest BCUT2D eigenvalue weighted by molar-refractivity contribution is 5.44. The van der Waals surface area contributed by atoms with E-state index in [-0.39, 0.29) is 0 Å². The van der Waals surface area contributed by atoms with Gasteiger partial charge in [-0.1, -0.05) is 60.8 Å². The second kappa shape index (κ2) is 19.1. The average molecular weight is 217 g/mol. The van der Waals surface area contributed by atoms with E-state index in [9.17, 15) is 0 Å². The van der Waals surface area contributed by atoms with Gasteiger partial charge in [0.05, 0.1) is 0 Å². The minimum Gasteiger partial charge on any atom is -0.362 e. The molecule has 94 valence electrons. The van der Waals surface area contributed by atoms with E-state index in [4.69, 9.17) is 4.79 Å². The van der Waals surface area contributed by atoms with Crippen molar-refractivity contribution in [2.24, 2.45) is 11.8 Å². The number of hydrogen-bond acceptors (Lipinski definition) is 1. The van der Waals surface area contributed by atoms with E-state index in [0.717, 1.165) is 11.8 Å². The Morgan fingerprint density at radius 3 is 1.33 bits per heavy atom. The Morgan fingerprint density at radius 2 is 1.27 bits per heavy atom. The molecule has 1 N–H and O–H groups in total. The summed E-state index contributed by atoms with van der Waals surface area (Å²) in [6.45, 7) is 12.7. The number of rotatable bonds is 1. The van der Waals surface area contributed by atoms with Crippen molar-refractivity contribution in [2.75, 3.05) is 7.05 Å². The maximum absolute atomic E-state index is 9.06. The first-order chi connectivity index (χ1) is 7.22. The van der Waals surface area contributed by atoms with Crippen LogP contribution in [0.1, 0.15) is 60.8 Å². The Bertz CT molecular complexity index is 96.7. The molecule has 1 unspecified atom stereocenters. The van der Waals surface area contributed by atoms with Crippen molar-refractivity contribution in [3.05, 3.63) is 0 Å². The molecule has 0 saturated heterocycles. The van der Waals surface area contributed by atoms with E-state index < -0.39 is 0 Å². The molecular formula is C13H31NO. The smallest absolute Gasteiger partial charge is 0.206 e. The maximum atomic E-state index is 9.06. The predicted molar refractivity (Wildman–Crippen MR) is 70.0 cm³/mol. The van der Waals surface area contributed by atoms with Gasteiger partial charge in [0, 0.05) is 7.05 Å². The average Bonchev–Trinajstić information content (AvgIpc) is 2.69. The molecule has 1 amide bonds. The largest absolute Gasteiger partial charge is 0.362 e. The molecule has 15 heavy (non-hydrogen) atoms. The second-order valence-electron chi connectivity index (χ2n) is 3.29. The van der Waals surface area contributed by atoms with Crippen LogP contribution >= 0.6 is 0 Å². The number of carbonyl (C=O) groups is 1. The van der Waals surface area contributed by atoms with Crippen molar-refractivity contribution < 1.29 is 4.79 Å². The standard InChI is InChI=1S/C7H14.C2H5NO.2C2H6/c1-6-4-3-5-7(6)2;1-3-2-4;2*1-2/h6-7H,3-5H2,1-2H3;2H,1H3,(H,3,4);2*1-2H3/t6-,7?;;;/m1.../s1. The van der Waals surface area contributed by atoms with Crippen molar-refractivity contribution in [3.8, 4) is 0 Å². The van der Waals surface area contributed by atoms with Crippen LogP contribution in [0.4, 0.5) is 0 Å². The van der Waals surface area contributed by atoms with Gasteiger partial charge in [0.15, 0.2) is 0 Å². The van der Waals surface area contributed by atoms with Crippen LogP contribution in [0.5, 0.6) is 0 Å². The highest BCUT2D eigenvalue weighted by atomic mass is 16.1. The third kappa shape index (κ3) is 16.2. The van der Waals surface area contributed by atoms with Crippen molar-refractivity contribution >= 4 is 6.41 Å². The fraction of sp³-hybridized carbons (Fsp3) is 0.923. The van der Waals surface area contributed by atoms with Gasteiger partial charge in [-0.25, -0.2) is 0 Å². The van der Waals surface area contributed by atoms with Crippen molar-refractivity contribution in [1.29, 1.82) is 0 Å². The molecule has 0 heterocycles. The Labute approximate surface area is 96.8 Å². The fourth-order valence-electron chi connectivity index (χ4n) is 1.33. The van der Waals surface area contributed by atoms with Crippen LogP contribution in [0.3, 0.4) is 0 Å². The topological polar surface area (TPSA) is 29.1 Å². The molecule has 0 aromatic rings. The van der Waals surface area contributed by atoms with Crippen LogP contribution in [0.2, 0.25) is 0 Å². The Morgan fingerprint density at radius 1 is 1.00 bits per heavy atom. The van der Waals surface area contributed by atoms with Crippen molar-refractivity contribution in [2.45, 2.75) is 60.8 Å². The SMILES string of the molecule is CC.CC.CC1CCC[C@H]1C.CNC=O. The first kappa shape index (κ1) is 20.0. The molecule has 0 aliphatic heterocycles. The minimum absolute atomic E-state index is 0.625. The number of hydrogen-bond donors (Lipinski definition) is 1. The summed E-state index contributed by atoms with van der Waals surface area (Å²) >= 11 is 0. The first-order valence-electron chi connectivity index (χ1n) is 6.33. The summed E-state index contributed by atoms with van der Waals surface area (Å²) in [6.07, 6.45) is 5.05. The second-order valence-corrected chi connectivity index (χ2v) is 3.29. The Hall–Kier alpha value is -0.530. The summed E-state index contributed by atoms with van der Waals surface area (Å²) in [6, 6.07) is 0. The van der Waals surface area contributed by atoms with Crippen LogP contribution in [-0.2, 0) is 4.79 Å². The van der Waals surface area contributed by atoms with Gasteiger partial charge in [0.25, 0.3) is 0 Å². The van der Waals surface area contributed by atoms with E-state index in [1.807, 2.05) is 27.7 Å². The molecule has 0 aromatic heterocycles. The van der Waals surface area contributed by atoms with Gasteiger partial charge in [-0.05, 0) is 11.8 Å². The van der Waals surface area contributed by atoms with Crippen LogP contribution in [0, 0.1) is 11.8 Å². The highest BCUT2D eigenvalue weighted by Crippen LogP contribution is 2.29. The quantitative estimate of drug-likeness (QED) is 0.664. The van der Waals surface area contributed by atoms with Crippen LogP contribution in [-0.4, -0.2) is 13.5 Å². The molecule has 1 aliphatic carbocycles. The monoisotopic (exact) mass is 217 g/mol. The van der Waals surface area contributed by atoms with Gasteiger partial charge in [-0.15, -0.1) is 0 Å². The Kier molecular flexibility index (Phi) is 25.4. The van der Waals surface area contributed by atoms with E-state index in [1.165, 1.54) is 19.3 Å². The zero-order valence-corrected chi connectivity index (χ0v) is 11.8. The lowest BCUT2D eigenvalue weighted by molar-refractivity contribution is -0.109. The fourth-order valence-corrected chi connectivity index (χ4v) is 1.33. The lowest BCUT2D eigenvalue weighted by atomic mass is 10.0. The molecule has 1 rings (SSSR count). The van der Waals surface area contributed by atoms with Crippen molar-refractivity contribution in [3.63, 3.8) is 0 Å². The molecule has 0 radical (unpaired) electrons. The zero-order valence-electron chi connectivity index (χ0n) is 11.8. The lowest BCUT2D eigenvalue weighted by Gasteiger charge is -2.05. The molecule has 2 nitrogen and oxygen atoms in total. The van der Waals surface area contributed by atoms with Gasteiger partial charge in [-0.3, -0.25) is 4.79 Å².